The summed E-state index contributed by atoms with van der Waals surface area (Å²) in [5, 5.41) is 2.83. The van der Waals surface area contributed by atoms with E-state index in [-0.39, 0.29) is 0 Å². The van der Waals surface area contributed by atoms with Gasteiger partial charge in [-0.3, -0.25) is 0 Å². The Hall–Kier alpha value is -2.90. The van der Waals surface area contributed by atoms with Gasteiger partial charge in [-0.2, -0.15) is 0 Å². The Morgan fingerprint density at radius 1 is 0.519 bits per heavy atom. The van der Waals surface area contributed by atoms with Crippen LogP contribution < -0.4 is 0 Å². The molecule has 0 bridgehead atoms. The average Bonchev–Trinajstić information content (AvgIpc) is 3.10. The van der Waals surface area contributed by atoms with E-state index in [9.17, 15) is 0 Å². The molecule has 1 heterocycles. The standard InChI is InChI=1S/C26H20S/c1-3-9-19(10-4-1)17-21-15-16-25-26(22-13-7-8-14-24(22)27-25)23(21)18-20-11-5-2-6-12-20/h1-16H,17-18H2. The maximum atomic E-state index is 2.34. The maximum Gasteiger partial charge on any atom is 0.0358 e. The molecule has 0 aliphatic heterocycles. The third kappa shape index (κ3) is 3.15. The van der Waals surface area contributed by atoms with Crippen LogP contribution in [0.25, 0.3) is 20.2 Å². The van der Waals surface area contributed by atoms with E-state index in [1.807, 2.05) is 11.3 Å². The lowest BCUT2D eigenvalue weighted by atomic mass is 9.91. The summed E-state index contributed by atoms with van der Waals surface area (Å²) in [6, 6.07) is 35.1. The predicted octanol–water partition coefficient (Wildman–Crippen LogP) is 7.24. The summed E-state index contributed by atoms with van der Waals surface area (Å²) >= 11 is 1.90. The van der Waals surface area contributed by atoms with E-state index < -0.39 is 0 Å². The SMILES string of the molecule is c1ccc(Cc2ccc3sc4ccccc4c3c2Cc2ccccc2)cc1. The second kappa shape index (κ2) is 7.02. The first-order valence-corrected chi connectivity index (χ1v) is 10.2. The van der Waals surface area contributed by atoms with Crippen molar-refractivity contribution in [2.24, 2.45) is 0 Å². The smallest absolute Gasteiger partial charge is 0.0358 e. The highest BCUT2D eigenvalue weighted by Gasteiger charge is 2.14. The minimum Gasteiger partial charge on any atom is -0.135 e. The van der Waals surface area contributed by atoms with Crippen molar-refractivity contribution in [1.29, 1.82) is 0 Å². The summed E-state index contributed by atoms with van der Waals surface area (Å²) in [6.45, 7) is 0. The van der Waals surface area contributed by atoms with Crippen LogP contribution >= 0.6 is 11.3 Å². The van der Waals surface area contributed by atoms with Gasteiger partial charge in [0.15, 0.2) is 0 Å². The first-order valence-electron chi connectivity index (χ1n) is 9.38. The lowest BCUT2D eigenvalue weighted by Gasteiger charge is -2.13. The van der Waals surface area contributed by atoms with E-state index in [0.29, 0.717) is 0 Å². The van der Waals surface area contributed by atoms with E-state index in [0.717, 1.165) is 12.8 Å². The fraction of sp³-hybridized carbons (Fsp3) is 0.0769. The molecule has 5 aromatic rings. The molecule has 0 spiro atoms. The lowest BCUT2D eigenvalue weighted by molar-refractivity contribution is 1.11. The van der Waals surface area contributed by atoms with Crippen molar-refractivity contribution in [3.05, 3.63) is 119 Å². The summed E-state index contributed by atoms with van der Waals surface area (Å²) in [7, 11) is 0. The van der Waals surface area contributed by atoms with E-state index in [1.165, 1.54) is 42.4 Å². The van der Waals surface area contributed by atoms with Gasteiger partial charge < -0.3 is 0 Å². The summed E-state index contributed by atoms with van der Waals surface area (Å²) in [5.74, 6) is 0. The lowest BCUT2D eigenvalue weighted by Crippen LogP contribution is -1.98. The molecule has 130 valence electrons. The van der Waals surface area contributed by atoms with Crippen LogP contribution in [0.1, 0.15) is 22.3 Å². The van der Waals surface area contributed by atoms with E-state index >= 15 is 0 Å². The average molecular weight is 365 g/mol. The Kier molecular flexibility index (Phi) is 4.23. The van der Waals surface area contributed by atoms with Crippen molar-refractivity contribution in [2.45, 2.75) is 12.8 Å². The fourth-order valence-electron chi connectivity index (χ4n) is 3.91. The summed E-state index contributed by atoms with van der Waals surface area (Å²) < 4.78 is 2.76. The molecule has 1 heteroatoms. The van der Waals surface area contributed by atoms with Crippen molar-refractivity contribution in [2.75, 3.05) is 0 Å². The highest BCUT2D eigenvalue weighted by molar-refractivity contribution is 7.25. The molecule has 0 radical (unpaired) electrons. The molecule has 0 atom stereocenters. The molecule has 0 saturated heterocycles. The fourth-order valence-corrected chi connectivity index (χ4v) is 5.05. The highest BCUT2D eigenvalue weighted by Crippen LogP contribution is 2.38. The van der Waals surface area contributed by atoms with Crippen LogP contribution in [0.4, 0.5) is 0 Å². The van der Waals surface area contributed by atoms with Gasteiger partial charge in [-0.05, 0) is 47.2 Å². The van der Waals surface area contributed by atoms with E-state index in [4.69, 9.17) is 0 Å². The van der Waals surface area contributed by atoms with Gasteiger partial charge in [0.2, 0.25) is 0 Å². The van der Waals surface area contributed by atoms with Crippen molar-refractivity contribution in [3.8, 4) is 0 Å². The van der Waals surface area contributed by atoms with Crippen LogP contribution in [-0.4, -0.2) is 0 Å². The third-order valence-corrected chi connectivity index (χ3v) is 6.35. The van der Waals surface area contributed by atoms with Gasteiger partial charge in [-0.1, -0.05) is 84.9 Å². The molecule has 0 saturated carbocycles. The Morgan fingerprint density at radius 2 is 1.15 bits per heavy atom. The van der Waals surface area contributed by atoms with Crippen molar-refractivity contribution in [3.63, 3.8) is 0 Å². The number of rotatable bonds is 4. The summed E-state index contributed by atoms with van der Waals surface area (Å²) in [4.78, 5) is 0. The Labute approximate surface area is 163 Å². The largest absolute Gasteiger partial charge is 0.135 e. The summed E-state index contributed by atoms with van der Waals surface area (Å²) in [6.07, 6.45) is 1.95. The number of hydrogen-bond acceptors (Lipinski definition) is 1. The number of hydrogen-bond donors (Lipinski definition) is 0. The topological polar surface area (TPSA) is 0 Å². The van der Waals surface area contributed by atoms with Crippen LogP contribution in [0.3, 0.4) is 0 Å². The quantitative estimate of drug-likeness (QED) is 0.315. The molecule has 0 N–H and O–H groups in total. The van der Waals surface area contributed by atoms with E-state index in [2.05, 4.69) is 97.1 Å². The molecule has 0 amide bonds. The molecule has 1 aromatic heterocycles. The molecule has 0 aliphatic carbocycles. The maximum absolute atomic E-state index is 2.34. The van der Waals surface area contributed by atoms with E-state index in [1.54, 1.807) is 0 Å². The van der Waals surface area contributed by atoms with Gasteiger partial charge in [0.05, 0.1) is 0 Å². The monoisotopic (exact) mass is 364 g/mol. The van der Waals surface area contributed by atoms with Gasteiger partial charge in [0.1, 0.15) is 0 Å². The third-order valence-electron chi connectivity index (χ3n) is 5.21. The van der Waals surface area contributed by atoms with Gasteiger partial charge in [-0.15, -0.1) is 11.3 Å². The second-order valence-corrected chi connectivity index (χ2v) is 8.08. The van der Waals surface area contributed by atoms with Crippen molar-refractivity contribution >= 4 is 31.5 Å². The van der Waals surface area contributed by atoms with Crippen LogP contribution in [0.2, 0.25) is 0 Å². The zero-order valence-electron chi connectivity index (χ0n) is 15.1. The normalized spacial score (nSPS) is 11.3. The predicted molar refractivity (Wildman–Crippen MR) is 118 cm³/mol. The minimum absolute atomic E-state index is 0.973. The second-order valence-electron chi connectivity index (χ2n) is 7.00. The molecular weight excluding hydrogens is 344 g/mol. The molecule has 0 fully saturated rings. The Bertz CT molecular complexity index is 1200. The van der Waals surface area contributed by atoms with Gasteiger partial charge >= 0.3 is 0 Å². The molecule has 5 rings (SSSR count). The van der Waals surface area contributed by atoms with Crippen LogP contribution in [0.5, 0.6) is 0 Å². The highest BCUT2D eigenvalue weighted by atomic mass is 32.1. The molecule has 0 aliphatic rings. The Morgan fingerprint density at radius 3 is 1.89 bits per heavy atom. The minimum atomic E-state index is 0.973. The first kappa shape index (κ1) is 16.3. The van der Waals surface area contributed by atoms with Gasteiger partial charge in [0.25, 0.3) is 0 Å². The molecule has 4 aromatic carbocycles. The molecule has 27 heavy (non-hydrogen) atoms. The number of fused-ring (bicyclic) bond motifs is 3. The molecule has 0 unspecified atom stereocenters. The van der Waals surface area contributed by atoms with Crippen LogP contribution in [-0.2, 0) is 12.8 Å². The van der Waals surface area contributed by atoms with Crippen LogP contribution in [0, 0.1) is 0 Å². The van der Waals surface area contributed by atoms with Crippen molar-refractivity contribution < 1.29 is 0 Å². The first-order chi connectivity index (χ1) is 13.4. The van der Waals surface area contributed by atoms with Crippen molar-refractivity contribution in [1.82, 2.24) is 0 Å². The Balaban J connectivity index is 1.73. The number of thiophene rings is 1. The van der Waals surface area contributed by atoms with Gasteiger partial charge in [0, 0.05) is 20.2 Å². The number of benzene rings is 4. The summed E-state index contributed by atoms with van der Waals surface area (Å²) in [5.41, 5.74) is 5.64. The van der Waals surface area contributed by atoms with Gasteiger partial charge in [-0.25, -0.2) is 0 Å². The molecular formula is C26H20S. The molecule has 0 nitrogen and oxygen atoms in total. The zero-order valence-corrected chi connectivity index (χ0v) is 15.9. The van der Waals surface area contributed by atoms with Crippen LogP contribution in [0.15, 0.2) is 97.1 Å². The zero-order chi connectivity index (χ0) is 18.1.